The fourth-order valence-electron chi connectivity index (χ4n) is 2.98. The third-order valence-electron chi connectivity index (χ3n) is 5.00. The Morgan fingerprint density at radius 1 is 0.500 bits per heavy atom. The van der Waals surface area contributed by atoms with Gasteiger partial charge < -0.3 is 0 Å². The summed E-state index contributed by atoms with van der Waals surface area (Å²) < 4.78 is 62.1. The third-order valence-corrected chi connectivity index (χ3v) is 17.2. The molecule has 0 atom stereocenters. The lowest BCUT2D eigenvalue weighted by Crippen LogP contribution is -2.18. The summed E-state index contributed by atoms with van der Waals surface area (Å²) in [6, 6.07) is 6.15. The zero-order chi connectivity index (χ0) is 27.3. The van der Waals surface area contributed by atoms with E-state index in [2.05, 4.69) is 137 Å². The van der Waals surface area contributed by atoms with Crippen LogP contribution in [0, 0.1) is 13.8 Å². The molecule has 0 saturated carbocycles. The first-order valence-corrected chi connectivity index (χ1v) is 18.6. The molecule has 3 rings (SSSR count). The Kier molecular flexibility index (Phi) is 10.4. The Hall–Kier alpha value is 1.000. The maximum absolute atomic E-state index is 13.3. The van der Waals surface area contributed by atoms with Crippen molar-refractivity contribution in [1.29, 1.82) is 0 Å². The minimum absolute atomic E-state index is 0.0214. The minimum Gasteiger partial charge on any atom is -0.278 e. The van der Waals surface area contributed by atoms with Gasteiger partial charge in [-0.1, -0.05) is 0 Å². The van der Waals surface area contributed by atoms with Crippen LogP contribution in [0.1, 0.15) is 11.1 Å². The molecule has 0 spiro atoms. The summed E-state index contributed by atoms with van der Waals surface area (Å²) in [6.07, 6.45) is 0. The molecule has 3 aromatic rings. The SMILES string of the molecule is Cc1c(C)c(NS(=O)(=O)c2ccc(Br)c(Br)c2Br)c(Br)c(Br)c1NS(=O)(=O)c1ccc(Br)c(Br)c1Br. The number of halogens is 8. The molecule has 0 saturated heterocycles. The van der Waals surface area contributed by atoms with E-state index < -0.39 is 20.0 Å². The van der Waals surface area contributed by atoms with E-state index in [0.29, 0.717) is 46.9 Å². The normalized spacial score (nSPS) is 12.1. The van der Waals surface area contributed by atoms with E-state index in [1.165, 1.54) is 12.1 Å². The average molecular weight is 1050 g/mol. The van der Waals surface area contributed by atoms with Crippen LogP contribution in [0.15, 0.2) is 69.8 Å². The number of benzene rings is 3. The number of rotatable bonds is 6. The Balaban J connectivity index is 2.09. The van der Waals surface area contributed by atoms with Crippen LogP contribution in [0.25, 0.3) is 0 Å². The first-order chi connectivity index (χ1) is 16.5. The second-order valence-electron chi connectivity index (χ2n) is 7.19. The van der Waals surface area contributed by atoms with Gasteiger partial charge in [-0.25, -0.2) is 16.8 Å². The van der Waals surface area contributed by atoms with Gasteiger partial charge in [0.15, 0.2) is 0 Å². The molecule has 0 fully saturated rings. The first kappa shape index (κ1) is 31.5. The molecular formula is C20H12Br8N2O4S2. The van der Waals surface area contributed by atoms with Crippen LogP contribution in [-0.4, -0.2) is 16.8 Å². The molecule has 194 valence electrons. The number of hydrogen-bond donors (Lipinski definition) is 2. The molecule has 0 heterocycles. The van der Waals surface area contributed by atoms with Gasteiger partial charge in [0.2, 0.25) is 0 Å². The van der Waals surface area contributed by atoms with E-state index >= 15 is 0 Å². The Morgan fingerprint density at radius 2 is 0.806 bits per heavy atom. The predicted molar refractivity (Wildman–Crippen MR) is 172 cm³/mol. The highest BCUT2D eigenvalue weighted by Crippen LogP contribution is 2.45. The monoisotopic (exact) mass is 1040 g/mol. The van der Waals surface area contributed by atoms with Crippen LogP contribution < -0.4 is 9.44 Å². The maximum atomic E-state index is 13.3. The smallest absolute Gasteiger partial charge is 0.263 e. The zero-order valence-corrected chi connectivity index (χ0v) is 32.1. The molecule has 0 aliphatic heterocycles. The maximum Gasteiger partial charge on any atom is 0.263 e. The minimum atomic E-state index is -4.02. The van der Waals surface area contributed by atoms with Gasteiger partial charge in [-0.3, -0.25) is 9.44 Å². The lowest BCUT2D eigenvalue weighted by molar-refractivity contribution is 0.598. The quantitative estimate of drug-likeness (QED) is 0.241. The van der Waals surface area contributed by atoms with Gasteiger partial charge in [-0.2, -0.15) is 0 Å². The number of anilines is 2. The van der Waals surface area contributed by atoms with Crippen molar-refractivity contribution < 1.29 is 16.8 Å². The largest absolute Gasteiger partial charge is 0.278 e. The van der Waals surface area contributed by atoms with Gasteiger partial charge in [0.1, 0.15) is 9.79 Å². The van der Waals surface area contributed by atoms with Crippen LogP contribution in [0.5, 0.6) is 0 Å². The Labute approximate surface area is 276 Å². The summed E-state index contributed by atoms with van der Waals surface area (Å²) in [5.41, 5.74) is 1.58. The second kappa shape index (κ2) is 11.9. The van der Waals surface area contributed by atoms with Crippen molar-refractivity contribution in [2.75, 3.05) is 9.44 Å². The van der Waals surface area contributed by atoms with Crippen LogP contribution in [0.2, 0.25) is 0 Å². The zero-order valence-electron chi connectivity index (χ0n) is 17.8. The number of hydrogen-bond acceptors (Lipinski definition) is 4. The predicted octanol–water partition coefficient (Wildman–Crippen LogP) is 10.0. The molecular weight excluding hydrogens is 1040 g/mol. The van der Waals surface area contributed by atoms with E-state index in [1.807, 2.05) is 0 Å². The fourth-order valence-corrected chi connectivity index (χ4v) is 11.0. The van der Waals surface area contributed by atoms with Crippen molar-refractivity contribution in [3.8, 4) is 0 Å². The topological polar surface area (TPSA) is 92.3 Å². The molecule has 2 N–H and O–H groups in total. The van der Waals surface area contributed by atoms with Gasteiger partial charge in [-0.05, 0) is 177 Å². The number of sulfonamides is 2. The summed E-state index contributed by atoms with van der Waals surface area (Å²) in [4.78, 5) is 0.0428. The van der Waals surface area contributed by atoms with Crippen molar-refractivity contribution in [3.05, 3.63) is 71.2 Å². The molecule has 0 aliphatic rings. The fraction of sp³-hybridized carbons (Fsp3) is 0.100. The van der Waals surface area contributed by atoms with Crippen LogP contribution in [0.3, 0.4) is 0 Å². The first-order valence-electron chi connectivity index (χ1n) is 9.32. The highest BCUT2D eigenvalue weighted by atomic mass is 79.9. The molecule has 0 aliphatic carbocycles. The average Bonchev–Trinajstić information content (AvgIpc) is 2.80. The highest BCUT2D eigenvalue weighted by Gasteiger charge is 2.28. The van der Waals surface area contributed by atoms with Crippen molar-refractivity contribution >= 4 is 159 Å². The van der Waals surface area contributed by atoms with Crippen LogP contribution in [0.4, 0.5) is 11.4 Å². The van der Waals surface area contributed by atoms with Crippen molar-refractivity contribution in [2.45, 2.75) is 23.6 Å². The van der Waals surface area contributed by atoms with Gasteiger partial charge in [0.05, 0.1) is 29.3 Å². The van der Waals surface area contributed by atoms with Crippen molar-refractivity contribution in [2.24, 2.45) is 0 Å². The Bertz CT molecular complexity index is 1480. The molecule has 0 bridgehead atoms. The van der Waals surface area contributed by atoms with E-state index in [1.54, 1.807) is 26.0 Å². The van der Waals surface area contributed by atoms with E-state index in [9.17, 15) is 16.8 Å². The number of nitrogens with one attached hydrogen (secondary N) is 2. The molecule has 0 amide bonds. The molecule has 0 unspecified atom stereocenters. The second-order valence-corrected chi connectivity index (χ2v) is 17.0. The lowest BCUT2D eigenvalue weighted by atomic mass is 10.1. The summed E-state index contributed by atoms with van der Waals surface area (Å²) >= 11 is 26.9. The van der Waals surface area contributed by atoms with E-state index in [0.717, 1.165) is 0 Å². The third kappa shape index (κ3) is 6.17. The molecule has 3 aromatic carbocycles. The highest BCUT2D eigenvalue weighted by molar-refractivity contribution is 9.15. The summed E-state index contributed by atoms with van der Waals surface area (Å²) in [6.45, 7) is 3.39. The van der Waals surface area contributed by atoms with Crippen molar-refractivity contribution in [1.82, 2.24) is 0 Å². The lowest BCUT2D eigenvalue weighted by Gasteiger charge is -2.21. The van der Waals surface area contributed by atoms with E-state index in [4.69, 9.17) is 0 Å². The van der Waals surface area contributed by atoms with Crippen molar-refractivity contribution in [3.63, 3.8) is 0 Å². The standard InChI is InChI=1S/C20H12Br8N2O4S2/c1-7-8(2)20(30-36(33,34)12-6-4-10(22)14(24)16(12)26)18(28)17(27)19(7)29-35(31,32)11-5-3-9(21)13(23)15(11)25/h3-6,29-30H,1-2H3. The summed E-state index contributed by atoms with van der Waals surface area (Å²) in [5.74, 6) is 0. The van der Waals surface area contributed by atoms with Crippen LogP contribution >= 0.6 is 127 Å². The van der Waals surface area contributed by atoms with Gasteiger partial charge in [0.25, 0.3) is 20.0 Å². The van der Waals surface area contributed by atoms with Gasteiger partial charge in [-0.15, -0.1) is 0 Å². The molecule has 36 heavy (non-hydrogen) atoms. The van der Waals surface area contributed by atoms with Gasteiger partial charge in [0, 0.05) is 17.9 Å². The summed E-state index contributed by atoms with van der Waals surface area (Å²) in [7, 11) is -8.04. The molecule has 0 aromatic heterocycles. The Morgan fingerprint density at radius 3 is 1.11 bits per heavy atom. The molecule has 6 nitrogen and oxygen atoms in total. The van der Waals surface area contributed by atoms with E-state index in [-0.39, 0.29) is 21.2 Å². The van der Waals surface area contributed by atoms with Gasteiger partial charge >= 0.3 is 0 Å². The summed E-state index contributed by atoms with van der Waals surface area (Å²) in [5, 5.41) is 0. The molecule has 0 radical (unpaired) electrons. The van der Waals surface area contributed by atoms with Crippen LogP contribution in [-0.2, 0) is 20.0 Å². The molecule has 16 heteroatoms.